The van der Waals surface area contributed by atoms with Crippen molar-refractivity contribution in [3.8, 4) is 0 Å². The van der Waals surface area contributed by atoms with E-state index in [4.69, 9.17) is 5.73 Å². The molecule has 3 aromatic heterocycles. The zero-order valence-corrected chi connectivity index (χ0v) is 15.9. The van der Waals surface area contributed by atoms with Gasteiger partial charge in [0.1, 0.15) is 5.65 Å². The molecule has 0 spiro atoms. The Morgan fingerprint density at radius 1 is 1.18 bits per heavy atom. The number of nitrogens with zero attached hydrogens (tertiary/aromatic N) is 5. The fourth-order valence-corrected chi connectivity index (χ4v) is 3.69. The number of fused-ring (bicyclic) bond motifs is 1. The third-order valence-electron chi connectivity index (χ3n) is 5.42. The monoisotopic (exact) mass is 380 g/mol. The summed E-state index contributed by atoms with van der Waals surface area (Å²) in [6.45, 7) is 4.55. The van der Waals surface area contributed by atoms with Gasteiger partial charge in [-0.3, -0.25) is 14.0 Å². The molecule has 0 radical (unpaired) electrons. The zero-order chi connectivity index (χ0) is 19.7. The average Bonchev–Trinajstić information content (AvgIpc) is 2.70. The van der Waals surface area contributed by atoms with Gasteiger partial charge in [-0.2, -0.15) is 5.10 Å². The molecule has 0 aliphatic carbocycles. The molecule has 0 atom stereocenters. The van der Waals surface area contributed by atoms with Crippen molar-refractivity contribution in [2.24, 2.45) is 11.7 Å². The van der Waals surface area contributed by atoms with Crippen LogP contribution in [0.5, 0.6) is 0 Å². The van der Waals surface area contributed by atoms with Gasteiger partial charge in [0.15, 0.2) is 0 Å². The molecule has 146 valence electrons. The molecule has 8 nitrogen and oxygen atoms in total. The van der Waals surface area contributed by atoms with Crippen molar-refractivity contribution in [2.75, 3.05) is 24.5 Å². The maximum atomic E-state index is 12.6. The molecule has 1 saturated heterocycles. The highest BCUT2D eigenvalue weighted by Crippen LogP contribution is 2.20. The van der Waals surface area contributed by atoms with Crippen molar-refractivity contribution in [1.82, 2.24) is 19.2 Å². The van der Waals surface area contributed by atoms with E-state index in [2.05, 4.69) is 15.0 Å². The Morgan fingerprint density at radius 3 is 2.68 bits per heavy atom. The standard InChI is InChI=1S/C20H24N6O2/c1-14-3-2-6-25-18(27)9-16(23-20(14)25)13-26-19(28)10-17(12-22-26)24-7-4-15(11-21)5-8-24/h2-3,6,9-10,12,15H,4-5,7-8,11,13,21H2,1H3. The predicted molar refractivity (Wildman–Crippen MR) is 108 cm³/mol. The fraction of sp³-hybridized carbons (Fsp3) is 0.400. The lowest BCUT2D eigenvalue weighted by Crippen LogP contribution is -2.37. The number of anilines is 1. The van der Waals surface area contributed by atoms with Crippen molar-refractivity contribution in [3.63, 3.8) is 0 Å². The van der Waals surface area contributed by atoms with E-state index < -0.39 is 0 Å². The lowest BCUT2D eigenvalue weighted by Gasteiger charge is -2.32. The lowest BCUT2D eigenvalue weighted by atomic mass is 9.97. The molecule has 3 aromatic rings. The van der Waals surface area contributed by atoms with Crippen LogP contribution < -0.4 is 21.8 Å². The van der Waals surface area contributed by atoms with Crippen LogP contribution in [0.1, 0.15) is 24.1 Å². The molecule has 1 aliphatic rings. The predicted octanol–water partition coefficient (Wildman–Crippen LogP) is 0.783. The second kappa shape index (κ2) is 7.55. The molecule has 0 unspecified atom stereocenters. The number of rotatable bonds is 4. The molecule has 0 saturated carbocycles. The lowest BCUT2D eigenvalue weighted by molar-refractivity contribution is 0.414. The molecule has 4 rings (SSSR count). The summed E-state index contributed by atoms with van der Waals surface area (Å²) < 4.78 is 2.84. The van der Waals surface area contributed by atoms with E-state index in [9.17, 15) is 9.59 Å². The smallest absolute Gasteiger partial charge is 0.269 e. The van der Waals surface area contributed by atoms with Crippen LogP contribution in [0.4, 0.5) is 5.69 Å². The van der Waals surface area contributed by atoms with Crippen molar-refractivity contribution < 1.29 is 0 Å². The molecule has 0 amide bonds. The Hall–Kier alpha value is -3.00. The van der Waals surface area contributed by atoms with Crippen LogP contribution in [-0.2, 0) is 6.54 Å². The summed E-state index contributed by atoms with van der Waals surface area (Å²) in [5.74, 6) is 0.561. The number of piperidine rings is 1. The van der Waals surface area contributed by atoms with Gasteiger partial charge >= 0.3 is 0 Å². The highest BCUT2D eigenvalue weighted by atomic mass is 16.1. The van der Waals surface area contributed by atoms with E-state index in [1.54, 1.807) is 18.5 Å². The highest BCUT2D eigenvalue weighted by molar-refractivity contribution is 5.47. The number of pyridine rings is 1. The van der Waals surface area contributed by atoms with Crippen LogP contribution in [0.15, 0.2) is 46.2 Å². The molecule has 8 heteroatoms. The summed E-state index contributed by atoms with van der Waals surface area (Å²) in [7, 11) is 0. The second-order valence-corrected chi connectivity index (χ2v) is 7.35. The molecule has 4 heterocycles. The first kappa shape index (κ1) is 18.4. The summed E-state index contributed by atoms with van der Waals surface area (Å²) in [6, 6.07) is 6.77. The molecular weight excluding hydrogens is 356 g/mol. The topological polar surface area (TPSA) is 98.5 Å². The molecule has 0 bridgehead atoms. The largest absolute Gasteiger partial charge is 0.370 e. The van der Waals surface area contributed by atoms with Crippen LogP contribution in [0, 0.1) is 12.8 Å². The Bertz CT molecular complexity index is 1110. The van der Waals surface area contributed by atoms with Crippen LogP contribution in [0.2, 0.25) is 0 Å². The van der Waals surface area contributed by atoms with E-state index in [1.165, 1.54) is 15.1 Å². The van der Waals surface area contributed by atoms with Gasteiger partial charge in [0, 0.05) is 31.4 Å². The summed E-state index contributed by atoms with van der Waals surface area (Å²) in [4.78, 5) is 31.6. The number of hydrogen-bond acceptors (Lipinski definition) is 6. The van der Waals surface area contributed by atoms with Crippen molar-refractivity contribution in [3.05, 3.63) is 68.6 Å². The fourth-order valence-electron chi connectivity index (χ4n) is 3.69. The SMILES string of the molecule is Cc1cccn2c(=O)cc(Cn3ncc(N4CCC(CN)CC4)cc3=O)nc12. The number of aryl methyl sites for hydroxylation is 1. The van der Waals surface area contributed by atoms with Gasteiger partial charge in [-0.15, -0.1) is 0 Å². The van der Waals surface area contributed by atoms with Crippen molar-refractivity contribution in [2.45, 2.75) is 26.3 Å². The maximum Gasteiger partial charge on any atom is 0.269 e. The van der Waals surface area contributed by atoms with Crippen LogP contribution in [-0.4, -0.2) is 38.8 Å². The Morgan fingerprint density at radius 2 is 1.96 bits per heavy atom. The van der Waals surface area contributed by atoms with Crippen LogP contribution >= 0.6 is 0 Å². The van der Waals surface area contributed by atoms with E-state index >= 15 is 0 Å². The Kier molecular flexibility index (Phi) is 4.95. The average molecular weight is 380 g/mol. The van der Waals surface area contributed by atoms with Gasteiger partial charge in [0.05, 0.1) is 24.1 Å². The highest BCUT2D eigenvalue weighted by Gasteiger charge is 2.19. The van der Waals surface area contributed by atoms with Crippen molar-refractivity contribution >= 4 is 11.3 Å². The first-order valence-electron chi connectivity index (χ1n) is 9.55. The minimum Gasteiger partial charge on any atom is -0.370 e. The number of nitrogens with two attached hydrogens (primary N) is 1. The molecular formula is C20H24N6O2. The molecule has 28 heavy (non-hydrogen) atoms. The summed E-state index contributed by atoms with van der Waals surface area (Å²) >= 11 is 0. The number of hydrogen-bond donors (Lipinski definition) is 1. The summed E-state index contributed by atoms with van der Waals surface area (Å²) in [6.07, 6.45) is 5.46. The van der Waals surface area contributed by atoms with Crippen molar-refractivity contribution in [1.29, 1.82) is 0 Å². The first-order chi connectivity index (χ1) is 13.5. The quantitative estimate of drug-likeness (QED) is 0.718. The number of aromatic nitrogens is 4. The molecule has 1 fully saturated rings. The van der Waals surface area contributed by atoms with E-state index in [0.717, 1.165) is 37.2 Å². The minimum atomic E-state index is -0.203. The second-order valence-electron chi connectivity index (χ2n) is 7.35. The maximum absolute atomic E-state index is 12.6. The third-order valence-corrected chi connectivity index (χ3v) is 5.42. The summed E-state index contributed by atoms with van der Waals surface area (Å²) in [5.41, 5.74) is 8.22. The minimum absolute atomic E-state index is 0.161. The third kappa shape index (κ3) is 3.55. The van der Waals surface area contributed by atoms with E-state index in [1.807, 2.05) is 19.1 Å². The van der Waals surface area contributed by atoms with Gasteiger partial charge in [-0.25, -0.2) is 9.67 Å². The Balaban J connectivity index is 1.58. The van der Waals surface area contributed by atoms with E-state index in [-0.39, 0.29) is 17.7 Å². The van der Waals surface area contributed by atoms with Crippen LogP contribution in [0.3, 0.4) is 0 Å². The molecule has 2 N–H and O–H groups in total. The van der Waals surface area contributed by atoms with Gasteiger partial charge in [-0.1, -0.05) is 6.07 Å². The molecule has 0 aromatic carbocycles. The first-order valence-corrected chi connectivity index (χ1v) is 9.55. The van der Waals surface area contributed by atoms with Crippen LogP contribution in [0.25, 0.3) is 5.65 Å². The normalized spacial score (nSPS) is 15.3. The Labute approximate surface area is 162 Å². The van der Waals surface area contributed by atoms with Gasteiger partial charge in [0.2, 0.25) is 0 Å². The van der Waals surface area contributed by atoms with Gasteiger partial charge in [0.25, 0.3) is 11.1 Å². The summed E-state index contributed by atoms with van der Waals surface area (Å²) in [5, 5.41) is 4.31. The zero-order valence-electron chi connectivity index (χ0n) is 15.9. The van der Waals surface area contributed by atoms with E-state index in [0.29, 0.717) is 23.8 Å². The molecule has 1 aliphatic heterocycles. The van der Waals surface area contributed by atoms with Gasteiger partial charge in [-0.05, 0) is 43.9 Å². The van der Waals surface area contributed by atoms with Gasteiger partial charge < -0.3 is 10.6 Å².